The van der Waals surface area contributed by atoms with Crippen molar-refractivity contribution in [3.63, 3.8) is 0 Å². The molecule has 66 valence electrons. The summed E-state index contributed by atoms with van der Waals surface area (Å²) in [6.07, 6.45) is 1.35. The van der Waals surface area contributed by atoms with Crippen molar-refractivity contribution in [2.24, 2.45) is 5.73 Å². The van der Waals surface area contributed by atoms with Crippen LogP contribution in [0.25, 0.3) is 0 Å². The summed E-state index contributed by atoms with van der Waals surface area (Å²) in [6.45, 7) is 2.14. The van der Waals surface area contributed by atoms with Crippen LogP contribution in [0, 0.1) is 0 Å². The predicted octanol–water partition coefficient (Wildman–Crippen LogP) is 0.896. The summed E-state index contributed by atoms with van der Waals surface area (Å²) in [4.78, 5) is 10.9. The molecule has 2 N–H and O–H groups in total. The Morgan fingerprint density at radius 1 is 1.73 bits per heavy atom. The maximum Gasteiger partial charge on any atom is 0.322 e. The fourth-order valence-electron chi connectivity index (χ4n) is 0.664. The highest BCUT2D eigenvalue weighted by molar-refractivity contribution is 6.17. The maximum absolute atomic E-state index is 10.9. The molecular weight excluding hydrogens is 166 g/mol. The Kier molecular flexibility index (Phi) is 6.27. The van der Waals surface area contributed by atoms with Crippen LogP contribution in [0.15, 0.2) is 0 Å². The van der Waals surface area contributed by atoms with E-state index in [-0.39, 0.29) is 5.97 Å². The highest BCUT2D eigenvalue weighted by Crippen LogP contribution is 1.98. The van der Waals surface area contributed by atoms with Crippen LogP contribution in [-0.2, 0) is 9.53 Å². The van der Waals surface area contributed by atoms with E-state index in [2.05, 4.69) is 0 Å². The molecule has 0 rings (SSSR count). The molecule has 0 aromatic carbocycles. The second-order valence-corrected chi connectivity index (χ2v) is 2.57. The summed E-state index contributed by atoms with van der Waals surface area (Å²) >= 11 is 5.42. The molecule has 0 aliphatic rings. The zero-order valence-corrected chi connectivity index (χ0v) is 7.43. The van der Waals surface area contributed by atoms with Crippen LogP contribution in [-0.4, -0.2) is 24.5 Å². The van der Waals surface area contributed by atoms with Crippen LogP contribution < -0.4 is 5.73 Å². The second-order valence-electron chi connectivity index (χ2n) is 2.19. The molecule has 0 aromatic heterocycles. The molecule has 0 heterocycles. The standard InChI is InChI=1S/C7H14ClNO2/c1-2-11-7(10)6(9)4-3-5-8/h6H,2-5,9H2,1H3/t6-/m0/s1. The molecule has 0 bridgehead atoms. The Morgan fingerprint density at radius 2 is 2.36 bits per heavy atom. The van der Waals surface area contributed by atoms with Gasteiger partial charge in [0.15, 0.2) is 0 Å². The summed E-state index contributed by atoms with van der Waals surface area (Å²) in [7, 11) is 0. The van der Waals surface area contributed by atoms with E-state index in [1.54, 1.807) is 6.92 Å². The van der Waals surface area contributed by atoms with E-state index in [0.717, 1.165) is 6.42 Å². The van der Waals surface area contributed by atoms with Crippen molar-refractivity contribution in [1.82, 2.24) is 0 Å². The molecule has 11 heavy (non-hydrogen) atoms. The molecule has 0 saturated heterocycles. The first-order valence-electron chi connectivity index (χ1n) is 3.70. The van der Waals surface area contributed by atoms with Gasteiger partial charge in [-0.25, -0.2) is 0 Å². The summed E-state index contributed by atoms with van der Waals surface area (Å²) in [5.41, 5.74) is 5.46. The van der Waals surface area contributed by atoms with Gasteiger partial charge in [-0.05, 0) is 19.8 Å². The van der Waals surface area contributed by atoms with Gasteiger partial charge in [0.2, 0.25) is 0 Å². The number of alkyl halides is 1. The molecule has 0 aliphatic carbocycles. The van der Waals surface area contributed by atoms with Crippen molar-refractivity contribution in [2.45, 2.75) is 25.8 Å². The Balaban J connectivity index is 3.46. The highest BCUT2D eigenvalue weighted by atomic mass is 35.5. The van der Waals surface area contributed by atoms with Crippen LogP contribution in [0.1, 0.15) is 19.8 Å². The van der Waals surface area contributed by atoms with E-state index in [1.807, 2.05) is 0 Å². The lowest BCUT2D eigenvalue weighted by Crippen LogP contribution is -2.32. The molecule has 0 aliphatic heterocycles. The fourth-order valence-corrected chi connectivity index (χ4v) is 0.819. The number of esters is 1. The molecule has 0 saturated carbocycles. The normalized spacial score (nSPS) is 12.6. The molecule has 0 fully saturated rings. The molecule has 4 heteroatoms. The number of ether oxygens (including phenoxy) is 1. The number of nitrogens with two attached hydrogens (primary N) is 1. The minimum Gasteiger partial charge on any atom is -0.465 e. The van der Waals surface area contributed by atoms with E-state index >= 15 is 0 Å². The van der Waals surface area contributed by atoms with E-state index in [0.29, 0.717) is 18.9 Å². The molecule has 0 unspecified atom stereocenters. The quantitative estimate of drug-likeness (QED) is 0.504. The Labute approximate surface area is 71.8 Å². The highest BCUT2D eigenvalue weighted by Gasteiger charge is 2.12. The molecule has 3 nitrogen and oxygen atoms in total. The summed E-state index contributed by atoms with van der Waals surface area (Å²) in [5.74, 6) is 0.199. The van der Waals surface area contributed by atoms with Gasteiger partial charge in [-0.1, -0.05) is 0 Å². The lowest BCUT2D eigenvalue weighted by Gasteiger charge is -2.08. The van der Waals surface area contributed by atoms with Crippen LogP contribution in [0.4, 0.5) is 0 Å². The average Bonchev–Trinajstić information content (AvgIpc) is 2.00. The Hall–Kier alpha value is -0.280. The molecular formula is C7H14ClNO2. The minimum atomic E-state index is -0.506. The van der Waals surface area contributed by atoms with Gasteiger partial charge in [0.25, 0.3) is 0 Å². The number of halogens is 1. The molecule has 0 amide bonds. The van der Waals surface area contributed by atoms with E-state index in [4.69, 9.17) is 22.1 Å². The van der Waals surface area contributed by atoms with Crippen LogP contribution in [0.5, 0.6) is 0 Å². The van der Waals surface area contributed by atoms with Gasteiger partial charge >= 0.3 is 5.97 Å². The molecule has 0 radical (unpaired) electrons. The van der Waals surface area contributed by atoms with Crippen molar-refractivity contribution in [1.29, 1.82) is 0 Å². The van der Waals surface area contributed by atoms with Gasteiger partial charge in [0, 0.05) is 5.88 Å². The smallest absolute Gasteiger partial charge is 0.322 e. The summed E-state index contributed by atoms with van der Waals surface area (Å²) < 4.78 is 4.69. The molecule has 0 spiro atoms. The third kappa shape index (κ3) is 5.04. The Morgan fingerprint density at radius 3 is 2.82 bits per heavy atom. The van der Waals surface area contributed by atoms with Crippen molar-refractivity contribution >= 4 is 17.6 Å². The first kappa shape index (κ1) is 10.7. The first-order chi connectivity index (χ1) is 5.22. The van der Waals surface area contributed by atoms with Crippen molar-refractivity contribution in [2.75, 3.05) is 12.5 Å². The minimum absolute atomic E-state index is 0.336. The largest absolute Gasteiger partial charge is 0.465 e. The topological polar surface area (TPSA) is 52.3 Å². The lowest BCUT2D eigenvalue weighted by atomic mass is 10.2. The van der Waals surface area contributed by atoms with Gasteiger partial charge in [0.1, 0.15) is 6.04 Å². The second kappa shape index (κ2) is 6.43. The fraction of sp³-hybridized carbons (Fsp3) is 0.857. The van der Waals surface area contributed by atoms with Crippen molar-refractivity contribution in [3.8, 4) is 0 Å². The third-order valence-corrected chi connectivity index (χ3v) is 1.51. The molecule has 1 atom stereocenters. The van der Waals surface area contributed by atoms with E-state index in [1.165, 1.54) is 0 Å². The van der Waals surface area contributed by atoms with Gasteiger partial charge in [-0.2, -0.15) is 0 Å². The summed E-state index contributed by atoms with van der Waals surface area (Å²) in [6, 6.07) is -0.506. The number of carbonyl (C=O) groups is 1. The average molecular weight is 180 g/mol. The first-order valence-corrected chi connectivity index (χ1v) is 4.24. The zero-order chi connectivity index (χ0) is 8.69. The van der Waals surface area contributed by atoms with Crippen molar-refractivity contribution < 1.29 is 9.53 Å². The third-order valence-electron chi connectivity index (χ3n) is 1.24. The van der Waals surface area contributed by atoms with Gasteiger partial charge < -0.3 is 10.5 Å². The lowest BCUT2D eigenvalue weighted by molar-refractivity contribution is -0.144. The SMILES string of the molecule is CCOC(=O)[C@@H](N)CCCCl. The molecule has 0 aromatic rings. The monoisotopic (exact) mass is 179 g/mol. The number of carbonyl (C=O) groups excluding carboxylic acids is 1. The van der Waals surface area contributed by atoms with Crippen LogP contribution in [0.2, 0.25) is 0 Å². The summed E-state index contributed by atoms with van der Waals surface area (Å²) in [5, 5.41) is 0. The number of hydrogen-bond donors (Lipinski definition) is 1. The van der Waals surface area contributed by atoms with Gasteiger partial charge in [0.05, 0.1) is 6.61 Å². The van der Waals surface area contributed by atoms with E-state index in [9.17, 15) is 4.79 Å². The number of hydrogen-bond acceptors (Lipinski definition) is 3. The van der Waals surface area contributed by atoms with Crippen molar-refractivity contribution in [3.05, 3.63) is 0 Å². The Bertz CT molecular complexity index is 119. The van der Waals surface area contributed by atoms with Gasteiger partial charge in [-0.15, -0.1) is 11.6 Å². The number of rotatable bonds is 5. The zero-order valence-electron chi connectivity index (χ0n) is 6.68. The predicted molar refractivity (Wildman–Crippen MR) is 44.6 cm³/mol. The van der Waals surface area contributed by atoms with Gasteiger partial charge in [-0.3, -0.25) is 4.79 Å². The maximum atomic E-state index is 10.9. The van der Waals surface area contributed by atoms with Crippen LogP contribution >= 0.6 is 11.6 Å². The van der Waals surface area contributed by atoms with Crippen LogP contribution in [0.3, 0.4) is 0 Å². The van der Waals surface area contributed by atoms with E-state index < -0.39 is 6.04 Å².